The molecule has 1 unspecified atom stereocenters. The van der Waals surface area contributed by atoms with Gasteiger partial charge in [-0.25, -0.2) is 8.78 Å². The molecule has 3 nitrogen and oxygen atoms in total. The van der Waals surface area contributed by atoms with E-state index in [0.29, 0.717) is 5.56 Å². The van der Waals surface area contributed by atoms with E-state index < -0.39 is 17.5 Å². The topological polar surface area (TPSA) is 55.1 Å². The maximum Gasteiger partial charge on any atom is 0.221 e. The van der Waals surface area contributed by atoms with Crippen molar-refractivity contribution in [3.8, 4) is 0 Å². The normalized spacial score (nSPS) is 12.0. The van der Waals surface area contributed by atoms with Gasteiger partial charge < -0.3 is 11.1 Å². The average Bonchev–Trinajstić information content (AvgIpc) is 2.40. The van der Waals surface area contributed by atoms with Crippen LogP contribution in [0.4, 0.5) is 14.5 Å². The number of nitrogens with one attached hydrogen (secondary N) is 1. The van der Waals surface area contributed by atoms with Crippen LogP contribution in [-0.2, 0) is 11.2 Å². The summed E-state index contributed by atoms with van der Waals surface area (Å²) < 4.78 is 26.6. The molecule has 2 aromatic carbocycles. The quantitative estimate of drug-likeness (QED) is 0.888. The maximum absolute atomic E-state index is 13.7. The fourth-order valence-electron chi connectivity index (χ4n) is 2.10. The first-order valence-electron chi connectivity index (χ1n) is 6.54. The number of hydrogen-bond acceptors (Lipinski definition) is 2. The summed E-state index contributed by atoms with van der Waals surface area (Å²) in [5.41, 5.74) is 7.10. The van der Waals surface area contributed by atoms with Gasteiger partial charge in [-0.2, -0.15) is 0 Å². The zero-order valence-electron chi connectivity index (χ0n) is 11.6. The van der Waals surface area contributed by atoms with Crippen molar-refractivity contribution in [3.05, 3.63) is 65.2 Å². The molecular weight excluding hydrogens is 274 g/mol. The van der Waals surface area contributed by atoms with E-state index in [4.69, 9.17) is 5.73 Å². The second-order valence-corrected chi connectivity index (χ2v) is 4.87. The van der Waals surface area contributed by atoms with Crippen molar-refractivity contribution in [1.82, 2.24) is 0 Å². The summed E-state index contributed by atoms with van der Waals surface area (Å²) in [4.78, 5) is 10.8. The Kier molecular flexibility index (Phi) is 4.52. The Morgan fingerprint density at radius 3 is 2.43 bits per heavy atom. The Labute approximate surface area is 121 Å². The molecule has 1 atom stereocenters. The minimum absolute atomic E-state index is 0.183. The van der Waals surface area contributed by atoms with Gasteiger partial charge in [-0.3, -0.25) is 4.79 Å². The first kappa shape index (κ1) is 15.0. The van der Waals surface area contributed by atoms with Gasteiger partial charge in [0.2, 0.25) is 5.91 Å². The summed E-state index contributed by atoms with van der Waals surface area (Å²) in [5.74, 6) is -1.57. The van der Waals surface area contributed by atoms with Crippen LogP contribution >= 0.6 is 0 Å². The van der Waals surface area contributed by atoms with E-state index in [9.17, 15) is 13.6 Å². The molecule has 2 rings (SSSR count). The van der Waals surface area contributed by atoms with Gasteiger partial charge in [-0.1, -0.05) is 18.2 Å². The Morgan fingerprint density at radius 1 is 1.19 bits per heavy atom. The molecule has 0 bridgehead atoms. The van der Waals surface area contributed by atoms with Crippen molar-refractivity contribution >= 4 is 11.6 Å². The van der Waals surface area contributed by atoms with E-state index in [2.05, 4.69) is 5.32 Å². The van der Waals surface area contributed by atoms with E-state index in [1.165, 1.54) is 12.1 Å². The molecule has 0 aliphatic rings. The van der Waals surface area contributed by atoms with Gasteiger partial charge >= 0.3 is 0 Å². The van der Waals surface area contributed by atoms with Crippen molar-refractivity contribution in [2.45, 2.75) is 19.4 Å². The van der Waals surface area contributed by atoms with Gasteiger partial charge in [0.1, 0.15) is 11.6 Å². The summed E-state index contributed by atoms with van der Waals surface area (Å²) in [7, 11) is 0. The molecule has 5 heteroatoms. The van der Waals surface area contributed by atoms with Crippen LogP contribution in [0.5, 0.6) is 0 Å². The standard InChI is InChI=1S/C16H16F2N2O/c1-10(14-7-4-12(17)9-15(14)18)20-13-5-2-11(3-6-13)8-16(19)21/h2-7,9-10,20H,8H2,1H3,(H2,19,21). The number of hydrogen-bond donors (Lipinski definition) is 2. The molecule has 0 radical (unpaired) electrons. The van der Waals surface area contributed by atoms with Gasteiger partial charge in [0, 0.05) is 17.3 Å². The molecule has 21 heavy (non-hydrogen) atoms. The molecule has 0 aliphatic carbocycles. The van der Waals surface area contributed by atoms with Crippen LogP contribution in [0.15, 0.2) is 42.5 Å². The van der Waals surface area contributed by atoms with Crippen LogP contribution in [0.25, 0.3) is 0 Å². The summed E-state index contributed by atoms with van der Waals surface area (Å²) in [6.07, 6.45) is 0.183. The van der Waals surface area contributed by atoms with Gasteiger partial charge in [0.25, 0.3) is 0 Å². The largest absolute Gasteiger partial charge is 0.378 e. The second kappa shape index (κ2) is 6.35. The third kappa shape index (κ3) is 4.02. The fraction of sp³-hybridized carbons (Fsp3) is 0.188. The third-order valence-electron chi connectivity index (χ3n) is 3.14. The summed E-state index contributed by atoms with van der Waals surface area (Å²) in [6.45, 7) is 1.79. The predicted octanol–water partition coefficient (Wildman–Crippen LogP) is 3.17. The molecule has 0 heterocycles. The Morgan fingerprint density at radius 2 is 1.86 bits per heavy atom. The SMILES string of the molecule is CC(Nc1ccc(CC(N)=O)cc1)c1ccc(F)cc1F. The number of halogens is 2. The Bertz CT molecular complexity index is 641. The molecule has 0 fully saturated rings. The van der Waals surface area contributed by atoms with Gasteiger partial charge in [0.15, 0.2) is 0 Å². The number of rotatable bonds is 5. The predicted molar refractivity (Wildman–Crippen MR) is 77.7 cm³/mol. The van der Waals surface area contributed by atoms with Crippen molar-refractivity contribution in [2.75, 3.05) is 5.32 Å². The number of primary amides is 1. The van der Waals surface area contributed by atoms with Crippen LogP contribution < -0.4 is 11.1 Å². The molecule has 3 N–H and O–H groups in total. The fourth-order valence-corrected chi connectivity index (χ4v) is 2.10. The summed E-state index contributed by atoms with van der Waals surface area (Å²) >= 11 is 0. The lowest BCUT2D eigenvalue weighted by atomic mass is 10.1. The molecule has 0 saturated heterocycles. The average molecular weight is 290 g/mol. The highest BCUT2D eigenvalue weighted by Gasteiger charge is 2.11. The number of amides is 1. The zero-order chi connectivity index (χ0) is 15.4. The van der Waals surface area contributed by atoms with Crippen molar-refractivity contribution in [3.63, 3.8) is 0 Å². The van der Waals surface area contributed by atoms with Gasteiger partial charge in [-0.15, -0.1) is 0 Å². The molecular formula is C16H16F2N2O. The number of carbonyl (C=O) groups is 1. The monoisotopic (exact) mass is 290 g/mol. The minimum Gasteiger partial charge on any atom is -0.378 e. The minimum atomic E-state index is -0.598. The highest BCUT2D eigenvalue weighted by molar-refractivity contribution is 5.76. The zero-order valence-corrected chi connectivity index (χ0v) is 11.6. The van der Waals surface area contributed by atoms with E-state index in [0.717, 1.165) is 17.3 Å². The smallest absolute Gasteiger partial charge is 0.221 e. The van der Waals surface area contributed by atoms with Crippen LogP contribution in [0.1, 0.15) is 24.1 Å². The second-order valence-electron chi connectivity index (χ2n) is 4.87. The van der Waals surface area contributed by atoms with Crippen LogP contribution in [-0.4, -0.2) is 5.91 Å². The number of benzene rings is 2. The summed E-state index contributed by atoms with van der Waals surface area (Å²) in [5, 5.41) is 3.12. The molecule has 110 valence electrons. The van der Waals surface area contributed by atoms with Crippen LogP contribution in [0.3, 0.4) is 0 Å². The number of nitrogens with two attached hydrogens (primary N) is 1. The van der Waals surface area contributed by atoms with Crippen LogP contribution in [0, 0.1) is 11.6 Å². The molecule has 0 aliphatic heterocycles. The van der Waals surface area contributed by atoms with E-state index >= 15 is 0 Å². The van der Waals surface area contributed by atoms with Gasteiger partial charge in [-0.05, 0) is 30.7 Å². The number of anilines is 1. The summed E-state index contributed by atoms with van der Waals surface area (Å²) in [6, 6.07) is 10.3. The third-order valence-corrected chi connectivity index (χ3v) is 3.14. The van der Waals surface area contributed by atoms with Crippen molar-refractivity contribution < 1.29 is 13.6 Å². The lowest BCUT2D eigenvalue weighted by molar-refractivity contribution is -0.117. The molecule has 2 aromatic rings. The van der Waals surface area contributed by atoms with Crippen LogP contribution in [0.2, 0.25) is 0 Å². The Balaban J connectivity index is 2.08. The maximum atomic E-state index is 13.7. The van der Waals surface area contributed by atoms with E-state index in [1.54, 1.807) is 31.2 Å². The number of carbonyl (C=O) groups excluding carboxylic acids is 1. The van der Waals surface area contributed by atoms with Crippen molar-refractivity contribution in [1.29, 1.82) is 0 Å². The first-order valence-corrected chi connectivity index (χ1v) is 6.54. The first-order chi connectivity index (χ1) is 9.95. The Hall–Kier alpha value is -2.43. The molecule has 0 aromatic heterocycles. The highest BCUT2D eigenvalue weighted by Crippen LogP contribution is 2.22. The lowest BCUT2D eigenvalue weighted by Gasteiger charge is -2.16. The van der Waals surface area contributed by atoms with E-state index in [-0.39, 0.29) is 12.5 Å². The molecule has 0 spiro atoms. The highest BCUT2D eigenvalue weighted by atomic mass is 19.1. The lowest BCUT2D eigenvalue weighted by Crippen LogP contribution is -2.13. The van der Waals surface area contributed by atoms with Gasteiger partial charge in [0.05, 0.1) is 12.5 Å². The van der Waals surface area contributed by atoms with E-state index in [1.807, 2.05) is 0 Å². The molecule has 0 saturated carbocycles. The molecule has 1 amide bonds. The van der Waals surface area contributed by atoms with Crippen molar-refractivity contribution in [2.24, 2.45) is 5.73 Å².